The van der Waals surface area contributed by atoms with Crippen molar-refractivity contribution in [3.8, 4) is 5.75 Å². The van der Waals surface area contributed by atoms with Crippen LogP contribution in [0.15, 0.2) is 72.8 Å². The first-order chi connectivity index (χ1) is 15.1. The van der Waals surface area contributed by atoms with E-state index in [4.69, 9.17) is 4.74 Å². The molecule has 0 aliphatic carbocycles. The van der Waals surface area contributed by atoms with E-state index in [1.54, 1.807) is 18.9 Å². The third-order valence-corrected chi connectivity index (χ3v) is 6.51. The van der Waals surface area contributed by atoms with Gasteiger partial charge in [-0.25, -0.2) is 0 Å². The fourth-order valence-electron chi connectivity index (χ4n) is 3.52. The van der Waals surface area contributed by atoms with Gasteiger partial charge in [0.05, 0.1) is 12.9 Å². The van der Waals surface area contributed by atoms with Gasteiger partial charge < -0.3 is 10.1 Å². The molecule has 0 aromatic heterocycles. The number of ether oxygens (including phenoxy) is 1. The van der Waals surface area contributed by atoms with E-state index in [1.807, 2.05) is 77.7 Å². The van der Waals surface area contributed by atoms with Crippen molar-refractivity contribution in [2.75, 3.05) is 23.1 Å². The van der Waals surface area contributed by atoms with Crippen LogP contribution in [0.25, 0.3) is 0 Å². The van der Waals surface area contributed by atoms with E-state index >= 15 is 0 Å². The number of methoxy groups -OCH3 is 1. The molecular formula is C25H24N2O3S. The molecule has 1 atom stereocenters. The minimum atomic E-state index is -0.138. The Bertz CT molecular complexity index is 1060. The summed E-state index contributed by atoms with van der Waals surface area (Å²) in [5.74, 6) is 1.13. The standard InChI is InChI=1S/C25H24N2O3S/c1-3-17-4-6-18(7-5-17)24(29)26-20-10-8-19(9-11-20)25-27(23(28)16-31-25)21-12-14-22(30-2)15-13-21/h4-15,25H,3,16H2,1-2H3,(H,26,29)/t25-/m1/s1. The first-order valence-corrected chi connectivity index (χ1v) is 11.2. The average Bonchev–Trinajstić information content (AvgIpc) is 3.21. The van der Waals surface area contributed by atoms with E-state index < -0.39 is 0 Å². The molecule has 1 aliphatic heterocycles. The van der Waals surface area contributed by atoms with Crippen LogP contribution in [0.1, 0.15) is 33.8 Å². The third-order valence-electron chi connectivity index (χ3n) is 5.30. The molecule has 1 saturated heterocycles. The molecule has 2 amide bonds. The van der Waals surface area contributed by atoms with Crippen molar-refractivity contribution in [3.63, 3.8) is 0 Å². The van der Waals surface area contributed by atoms with Gasteiger partial charge in [0.25, 0.3) is 5.91 Å². The fraction of sp³-hybridized carbons (Fsp3) is 0.200. The Labute approximate surface area is 186 Å². The lowest BCUT2D eigenvalue weighted by Crippen LogP contribution is -2.27. The van der Waals surface area contributed by atoms with Gasteiger partial charge in [-0.3, -0.25) is 14.5 Å². The number of carbonyl (C=O) groups excluding carboxylic acids is 2. The van der Waals surface area contributed by atoms with Crippen molar-refractivity contribution < 1.29 is 14.3 Å². The van der Waals surface area contributed by atoms with Gasteiger partial charge >= 0.3 is 0 Å². The summed E-state index contributed by atoms with van der Waals surface area (Å²) in [4.78, 5) is 26.9. The van der Waals surface area contributed by atoms with Crippen molar-refractivity contribution in [1.82, 2.24) is 0 Å². The maximum absolute atomic E-state index is 12.5. The zero-order chi connectivity index (χ0) is 21.8. The van der Waals surface area contributed by atoms with Gasteiger partial charge in [-0.15, -0.1) is 11.8 Å². The van der Waals surface area contributed by atoms with E-state index in [1.165, 1.54) is 5.56 Å². The van der Waals surface area contributed by atoms with Gasteiger partial charge in [0.2, 0.25) is 5.91 Å². The molecule has 0 unspecified atom stereocenters. The molecule has 1 N–H and O–H groups in total. The topological polar surface area (TPSA) is 58.6 Å². The molecule has 0 saturated carbocycles. The van der Waals surface area contributed by atoms with Crippen molar-refractivity contribution in [3.05, 3.63) is 89.5 Å². The van der Waals surface area contributed by atoms with Crippen molar-refractivity contribution >= 4 is 35.0 Å². The van der Waals surface area contributed by atoms with Crippen LogP contribution in [0.2, 0.25) is 0 Å². The highest BCUT2D eigenvalue weighted by molar-refractivity contribution is 8.00. The Kier molecular flexibility index (Phi) is 6.28. The second-order valence-corrected chi connectivity index (χ2v) is 8.32. The Morgan fingerprint density at radius 2 is 1.71 bits per heavy atom. The quantitative estimate of drug-likeness (QED) is 0.575. The highest BCUT2D eigenvalue weighted by atomic mass is 32.2. The molecule has 1 heterocycles. The molecule has 0 bridgehead atoms. The lowest BCUT2D eigenvalue weighted by Gasteiger charge is -2.24. The molecule has 3 aromatic rings. The number of thioether (sulfide) groups is 1. The molecule has 0 spiro atoms. The van der Waals surface area contributed by atoms with Crippen LogP contribution in [0.4, 0.5) is 11.4 Å². The normalized spacial score (nSPS) is 15.7. The smallest absolute Gasteiger partial charge is 0.255 e. The molecule has 0 radical (unpaired) electrons. The molecule has 1 fully saturated rings. The third kappa shape index (κ3) is 4.59. The molecule has 158 valence electrons. The average molecular weight is 433 g/mol. The Morgan fingerprint density at radius 3 is 2.32 bits per heavy atom. The SMILES string of the molecule is CCc1ccc(C(=O)Nc2ccc([C@H]3SCC(=O)N3c3ccc(OC)cc3)cc2)cc1. The van der Waals surface area contributed by atoms with Crippen LogP contribution in [-0.2, 0) is 11.2 Å². The van der Waals surface area contributed by atoms with Crippen molar-refractivity contribution in [2.45, 2.75) is 18.7 Å². The summed E-state index contributed by atoms with van der Waals surface area (Å²) in [6.45, 7) is 2.09. The Morgan fingerprint density at radius 1 is 1.03 bits per heavy atom. The van der Waals surface area contributed by atoms with Gasteiger partial charge in [0.1, 0.15) is 11.1 Å². The summed E-state index contributed by atoms with van der Waals surface area (Å²) < 4.78 is 5.22. The maximum atomic E-state index is 12.5. The second kappa shape index (κ2) is 9.27. The molecule has 1 aliphatic rings. The van der Waals surface area contributed by atoms with E-state index in [2.05, 4.69) is 12.2 Å². The summed E-state index contributed by atoms with van der Waals surface area (Å²) in [5.41, 5.74) is 4.40. The molecule has 4 rings (SSSR count). The predicted octanol–water partition coefficient (Wildman–Crippen LogP) is 5.29. The summed E-state index contributed by atoms with van der Waals surface area (Å²) in [6.07, 6.45) is 0.943. The van der Waals surface area contributed by atoms with E-state index in [-0.39, 0.29) is 17.2 Å². The van der Waals surface area contributed by atoms with Crippen LogP contribution in [0.3, 0.4) is 0 Å². The molecular weight excluding hydrogens is 408 g/mol. The van der Waals surface area contributed by atoms with Crippen LogP contribution in [-0.4, -0.2) is 24.7 Å². The highest BCUT2D eigenvalue weighted by Gasteiger charge is 2.34. The second-order valence-electron chi connectivity index (χ2n) is 7.25. The molecule has 5 nitrogen and oxygen atoms in total. The number of amides is 2. The summed E-state index contributed by atoms with van der Waals surface area (Å²) >= 11 is 1.59. The lowest BCUT2D eigenvalue weighted by atomic mass is 10.1. The molecule has 31 heavy (non-hydrogen) atoms. The summed E-state index contributed by atoms with van der Waals surface area (Å²) in [7, 11) is 1.62. The highest BCUT2D eigenvalue weighted by Crippen LogP contribution is 2.42. The first kappa shape index (κ1) is 21.0. The van der Waals surface area contributed by atoms with Gasteiger partial charge in [-0.2, -0.15) is 0 Å². The molecule has 6 heteroatoms. The zero-order valence-corrected chi connectivity index (χ0v) is 18.3. The molecule has 3 aromatic carbocycles. The Hall–Kier alpha value is -3.25. The maximum Gasteiger partial charge on any atom is 0.255 e. The number of hydrogen-bond acceptors (Lipinski definition) is 4. The van der Waals surface area contributed by atoms with Gasteiger partial charge in [0.15, 0.2) is 0 Å². The minimum Gasteiger partial charge on any atom is -0.497 e. The Balaban J connectivity index is 1.48. The van der Waals surface area contributed by atoms with Crippen LogP contribution in [0.5, 0.6) is 5.75 Å². The number of aryl methyl sites for hydroxylation is 1. The number of benzene rings is 3. The van der Waals surface area contributed by atoms with Gasteiger partial charge in [-0.1, -0.05) is 31.2 Å². The fourth-order valence-corrected chi connectivity index (χ4v) is 4.70. The minimum absolute atomic E-state index is 0.0769. The summed E-state index contributed by atoms with van der Waals surface area (Å²) in [5, 5.41) is 2.83. The largest absolute Gasteiger partial charge is 0.497 e. The predicted molar refractivity (Wildman–Crippen MR) is 126 cm³/mol. The van der Waals surface area contributed by atoms with Crippen molar-refractivity contribution in [1.29, 1.82) is 0 Å². The monoisotopic (exact) mass is 432 g/mol. The van der Waals surface area contributed by atoms with E-state index in [0.717, 1.165) is 29.1 Å². The number of hydrogen-bond donors (Lipinski definition) is 1. The first-order valence-electron chi connectivity index (χ1n) is 10.2. The number of carbonyl (C=O) groups is 2. The van der Waals surface area contributed by atoms with Crippen molar-refractivity contribution in [2.24, 2.45) is 0 Å². The lowest BCUT2D eigenvalue weighted by molar-refractivity contribution is -0.115. The van der Waals surface area contributed by atoms with Crippen LogP contribution < -0.4 is 15.0 Å². The van der Waals surface area contributed by atoms with Gasteiger partial charge in [0, 0.05) is 16.9 Å². The summed E-state index contributed by atoms with van der Waals surface area (Å²) in [6, 6.07) is 22.8. The van der Waals surface area contributed by atoms with E-state index in [9.17, 15) is 9.59 Å². The van der Waals surface area contributed by atoms with E-state index in [0.29, 0.717) is 11.3 Å². The van der Waals surface area contributed by atoms with Gasteiger partial charge in [-0.05, 0) is 66.1 Å². The number of rotatable bonds is 6. The van der Waals surface area contributed by atoms with Crippen LogP contribution in [0, 0.1) is 0 Å². The number of nitrogens with zero attached hydrogens (tertiary/aromatic N) is 1. The number of anilines is 2. The van der Waals surface area contributed by atoms with Crippen LogP contribution >= 0.6 is 11.8 Å². The number of nitrogens with one attached hydrogen (secondary N) is 1. The zero-order valence-electron chi connectivity index (χ0n) is 17.5.